The van der Waals surface area contributed by atoms with Gasteiger partial charge >= 0.3 is 5.69 Å². The van der Waals surface area contributed by atoms with Gasteiger partial charge in [0, 0.05) is 18.8 Å². The van der Waals surface area contributed by atoms with Crippen LogP contribution in [0.5, 0.6) is 0 Å². The Morgan fingerprint density at radius 2 is 2.10 bits per heavy atom. The Bertz CT molecular complexity index is 627. The van der Waals surface area contributed by atoms with Gasteiger partial charge in [-0.3, -0.25) is 16.0 Å². The van der Waals surface area contributed by atoms with Crippen LogP contribution in [0.2, 0.25) is 0 Å². The van der Waals surface area contributed by atoms with Gasteiger partial charge in [0.2, 0.25) is 10.0 Å². The van der Waals surface area contributed by atoms with Crippen LogP contribution in [0.15, 0.2) is 23.1 Å². The van der Waals surface area contributed by atoms with E-state index in [0.717, 1.165) is 12.2 Å². The lowest BCUT2D eigenvalue weighted by atomic mass is 10.3. The van der Waals surface area contributed by atoms with Crippen molar-refractivity contribution < 1.29 is 13.3 Å². The van der Waals surface area contributed by atoms with E-state index in [-0.39, 0.29) is 10.6 Å². The summed E-state index contributed by atoms with van der Waals surface area (Å²) in [7, 11) is -3.91. The Labute approximate surface area is 126 Å². The minimum Gasteiger partial charge on any atom is -0.318 e. The van der Waals surface area contributed by atoms with Gasteiger partial charge in [-0.05, 0) is 24.3 Å². The molecular formula is C11H16N4O4S2. The Hall–Kier alpha value is -1.36. The molecule has 2 rings (SSSR count). The second kappa shape index (κ2) is 6.60. The molecule has 0 saturated carbocycles. The summed E-state index contributed by atoms with van der Waals surface area (Å²) in [5, 5.41) is 11.2. The fraction of sp³-hybridized carbons (Fsp3) is 0.455. The molecule has 0 radical (unpaired) electrons. The molecule has 1 aromatic carbocycles. The smallest absolute Gasteiger partial charge is 0.313 e. The average molecular weight is 332 g/mol. The van der Waals surface area contributed by atoms with Gasteiger partial charge in [-0.1, -0.05) is 6.07 Å². The van der Waals surface area contributed by atoms with E-state index in [0.29, 0.717) is 18.8 Å². The highest BCUT2D eigenvalue weighted by atomic mass is 32.2. The Kier molecular flexibility index (Phi) is 5.04. The number of rotatable bonds is 4. The zero-order valence-electron chi connectivity index (χ0n) is 11.2. The number of nitro benzene ring substituents is 1. The van der Waals surface area contributed by atoms with Crippen molar-refractivity contribution in [1.82, 2.24) is 4.31 Å². The van der Waals surface area contributed by atoms with E-state index in [1.165, 1.54) is 22.5 Å². The topological polar surface area (TPSA) is 119 Å². The molecule has 1 aromatic rings. The molecule has 0 bridgehead atoms. The number of benzene rings is 1. The molecule has 1 fully saturated rings. The van der Waals surface area contributed by atoms with Crippen molar-refractivity contribution in [3.8, 4) is 0 Å². The van der Waals surface area contributed by atoms with Crippen molar-refractivity contribution in [3.05, 3.63) is 28.3 Å². The van der Waals surface area contributed by atoms with Crippen LogP contribution in [-0.2, 0) is 10.0 Å². The monoisotopic (exact) mass is 332 g/mol. The van der Waals surface area contributed by atoms with Gasteiger partial charge in [0.05, 0.1) is 4.92 Å². The molecule has 1 saturated heterocycles. The molecular weight excluding hydrogens is 316 g/mol. The third kappa shape index (κ3) is 3.28. The van der Waals surface area contributed by atoms with Crippen LogP contribution < -0.4 is 11.3 Å². The van der Waals surface area contributed by atoms with E-state index >= 15 is 0 Å². The van der Waals surface area contributed by atoms with Crippen molar-refractivity contribution in [2.45, 2.75) is 11.3 Å². The molecule has 1 heterocycles. The second-order valence-electron chi connectivity index (χ2n) is 4.42. The predicted octanol–water partition coefficient (Wildman–Crippen LogP) is 1.01. The third-order valence-electron chi connectivity index (χ3n) is 3.14. The van der Waals surface area contributed by atoms with Crippen LogP contribution >= 0.6 is 11.8 Å². The molecule has 21 heavy (non-hydrogen) atoms. The molecule has 1 aliphatic heterocycles. The number of para-hydroxylation sites is 1. The van der Waals surface area contributed by atoms with E-state index in [1.807, 2.05) is 0 Å². The summed E-state index contributed by atoms with van der Waals surface area (Å²) < 4.78 is 26.7. The average Bonchev–Trinajstić information content (AvgIpc) is 2.75. The molecule has 0 aromatic heterocycles. The van der Waals surface area contributed by atoms with Crippen molar-refractivity contribution >= 4 is 33.2 Å². The molecule has 0 aliphatic carbocycles. The first-order chi connectivity index (χ1) is 9.98. The highest BCUT2D eigenvalue weighted by Gasteiger charge is 2.33. The van der Waals surface area contributed by atoms with Crippen molar-refractivity contribution in [1.29, 1.82) is 0 Å². The third-order valence-corrected chi connectivity index (χ3v) is 6.11. The minimum absolute atomic E-state index is 0.0229. The first-order valence-electron chi connectivity index (χ1n) is 6.30. The molecule has 10 heteroatoms. The number of nitro groups is 1. The maximum absolute atomic E-state index is 12.7. The van der Waals surface area contributed by atoms with E-state index in [9.17, 15) is 18.5 Å². The SMILES string of the molecule is NNc1cccc(S(=O)(=O)N2CCCSCC2)c1[N+](=O)[O-]. The van der Waals surface area contributed by atoms with Crippen LogP contribution in [0.1, 0.15) is 6.42 Å². The van der Waals surface area contributed by atoms with Crippen molar-refractivity contribution in [3.63, 3.8) is 0 Å². The van der Waals surface area contributed by atoms with Crippen LogP contribution in [-0.4, -0.2) is 42.2 Å². The molecule has 116 valence electrons. The largest absolute Gasteiger partial charge is 0.318 e. The summed E-state index contributed by atoms with van der Waals surface area (Å²) >= 11 is 1.68. The number of hydrogen-bond acceptors (Lipinski definition) is 7. The fourth-order valence-electron chi connectivity index (χ4n) is 2.14. The van der Waals surface area contributed by atoms with Crippen LogP contribution in [0.25, 0.3) is 0 Å². The van der Waals surface area contributed by atoms with Gasteiger partial charge in [-0.2, -0.15) is 16.1 Å². The highest BCUT2D eigenvalue weighted by molar-refractivity contribution is 7.99. The van der Waals surface area contributed by atoms with Crippen LogP contribution in [0.3, 0.4) is 0 Å². The number of anilines is 1. The molecule has 0 spiro atoms. The molecule has 3 N–H and O–H groups in total. The predicted molar refractivity (Wildman–Crippen MR) is 81.6 cm³/mol. The van der Waals surface area contributed by atoms with Gasteiger partial charge in [-0.25, -0.2) is 8.42 Å². The summed E-state index contributed by atoms with van der Waals surface area (Å²) in [4.78, 5) is 10.2. The summed E-state index contributed by atoms with van der Waals surface area (Å²) in [5.74, 6) is 6.81. The summed E-state index contributed by atoms with van der Waals surface area (Å²) in [5.41, 5.74) is 1.64. The quantitative estimate of drug-likeness (QED) is 0.480. The van der Waals surface area contributed by atoms with E-state index in [4.69, 9.17) is 5.84 Å². The van der Waals surface area contributed by atoms with Gasteiger partial charge in [-0.15, -0.1) is 0 Å². The van der Waals surface area contributed by atoms with Crippen LogP contribution in [0.4, 0.5) is 11.4 Å². The van der Waals surface area contributed by atoms with Crippen molar-refractivity contribution in [2.75, 3.05) is 30.0 Å². The number of nitrogens with one attached hydrogen (secondary N) is 1. The molecule has 1 aliphatic rings. The lowest BCUT2D eigenvalue weighted by molar-refractivity contribution is -0.386. The molecule has 0 unspecified atom stereocenters. The summed E-state index contributed by atoms with van der Waals surface area (Å²) in [6.07, 6.45) is 0.729. The minimum atomic E-state index is -3.91. The number of nitrogen functional groups attached to an aromatic ring is 1. The number of thioether (sulfide) groups is 1. The number of hydrogen-bond donors (Lipinski definition) is 2. The maximum Gasteiger partial charge on any atom is 0.313 e. The van der Waals surface area contributed by atoms with Gasteiger partial charge in [0.25, 0.3) is 0 Å². The van der Waals surface area contributed by atoms with Gasteiger partial charge in [0.1, 0.15) is 5.69 Å². The number of nitrogens with zero attached hydrogens (tertiary/aromatic N) is 2. The molecule has 0 amide bonds. The van der Waals surface area contributed by atoms with Gasteiger partial charge < -0.3 is 5.43 Å². The standard InChI is InChI=1S/C11H16N4O4S2/c12-13-9-3-1-4-10(11(9)15(16)17)21(18,19)14-5-2-7-20-8-6-14/h1,3-4,13H,2,5-8,12H2. The lowest BCUT2D eigenvalue weighted by Gasteiger charge is -2.20. The van der Waals surface area contributed by atoms with Crippen molar-refractivity contribution in [2.24, 2.45) is 5.84 Å². The number of nitrogens with two attached hydrogens (primary N) is 1. The maximum atomic E-state index is 12.7. The first-order valence-corrected chi connectivity index (χ1v) is 8.90. The Morgan fingerprint density at radius 1 is 1.33 bits per heavy atom. The van der Waals surface area contributed by atoms with Crippen LogP contribution in [0, 0.1) is 10.1 Å². The van der Waals surface area contributed by atoms with Gasteiger partial charge in [0.15, 0.2) is 4.90 Å². The number of hydrazine groups is 1. The highest BCUT2D eigenvalue weighted by Crippen LogP contribution is 2.33. The van der Waals surface area contributed by atoms with E-state index in [1.54, 1.807) is 11.8 Å². The second-order valence-corrected chi connectivity index (χ2v) is 7.55. The fourth-order valence-corrected chi connectivity index (χ4v) is 4.80. The Morgan fingerprint density at radius 3 is 2.76 bits per heavy atom. The van der Waals surface area contributed by atoms with E-state index < -0.39 is 20.6 Å². The first kappa shape index (κ1) is 16.0. The summed E-state index contributed by atoms with van der Waals surface area (Å²) in [6, 6.07) is 4.05. The zero-order valence-corrected chi connectivity index (χ0v) is 12.8. The zero-order chi connectivity index (χ0) is 15.5. The normalized spacial score (nSPS) is 17.2. The van der Waals surface area contributed by atoms with E-state index in [2.05, 4.69) is 5.43 Å². The summed E-state index contributed by atoms with van der Waals surface area (Å²) in [6.45, 7) is 0.719. The lowest BCUT2D eigenvalue weighted by Crippen LogP contribution is -2.33. The Balaban J connectivity index is 2.51. The molecule has 8 nitrogen and oxygen atoms in total. The number of sulfonamides is 1. The molecule has 0 atom stereocenters.